The van der Waals surface area contributed by atoms with Crippen LogP contribution in [0.15, 0.2) is 18.2 Å². The molecule has 2 aliphatic heterocycles. The lowest BCUT2D eigenvalue weighted by molar-refractivity contribution is 0.0293. The first-order chi connectivity index (χ1) is 7.77. The Morgan fingerprint density at radius 2 is 2.12 bits per heavy atom. The van der Waals surface area contributed by atoms with E-state index in [0.29, 0.717) is 17.9 Å². The topological polar surface area (TPSA) is 21.3 Å². The molecular weight excluding hydrogens is 234 g/mol. The van der Waals surface area contributed by atoms with Gasteiger partial charge in [0.1, 0.15) is 0 Å². The van der Waals surface area contributed by atoms with E-state index in [1.807, 2.05) is 0 Å². The van der Waals surface area contributed by atoms with Crippen molar-refractivity contribution < 1.29 is 4.74 Å². The number of hydrogen-bond donors (Lipinski definition) is 1. The van der Waals surface area contributed by atoms with Crippen LogP contribution in [-0.2, 0) is 11.3 Å². The van der Waals surface area contributed by atoms with Gasteiger partial charge in [-0.05, 0) is 22.6 Å². The first-order valence-electron chi connectivity index (χ1n) is 6.21. The largest absolute Gasteiger partial charge is 0.372 e. The molecule has 17 heavy (non-hydrogen) atoms. The van der Waals surface area contributed by atoms with Crippen LogP contribution in [0.4, 0.5) is 0 Å². The van der Waals surface area contributed by atoms with E-state index in [-0.39, 0.29) is 12.4 Å². The van der Waals surface area contributed by atoms with Gasteiger partial charge in [0, 0.05) is 19.0 Å². The lowest BCUT2D eigenvalue weighted by atomic mass is 9.84. The molecule has 2 nitrogen and oxygen atoms in total. The van der Waals surface area contributed by atoms with E-state index in [9.17, 15) is 0 Å². The second-order valence-electron chi connectivity index (χ2n) is 5.18. The van der Waals surface area contributed by atoms with Crippen molar-refractivity contribution in [2.24, 2.45) is 0 Å². The molecule has 3 heteroatoms. The second-order valence-corrected chi connectivity index (χ2v) is 5.18. The summed E-state index contributed by atoms with van der Waals surface area (Å²) in [6, 6.07) is 6.73. The summed E-state index contributed by atoms with van der Waals surface area (Å²) >= 11 is 0. The number of hydrogen-bond acceptors (Lipinski definition) is 2. The maximum Gasteiger partial charge on any atom is 0.0784 e. The van der Waals surface area contributed by atoms with Crippen molar-refractivity contribution in [3.63, 3.8) is 0 Å². The fourth-order valence-corrected chi connectivity index (χ4v) is 3.01. The number of fused-ring (bicyclic) bond motifs is 3. The highest BCUT2D eigenvalue weighted by atomic mass is 35.5. The summed E-state index contributed by atoms with van der Waals surface area (Å²) in [6.07, 6.45) is 0.398. The maximum atomic E-state index is 5.96. The molecule has 1 aromatic carbocycles. The fraction of sp³-hybridized carbons (Fsp3) is 0.571. The third kappa shape index (κ3) is 2.10. The van der Waals surface area contributed by atoms with Gasteiger partial charge in [-0.2, -0.15) is 0 Å². The molecule has 0 aromatic heterocycles. The third-order valence-electron chi connectivity index (χ3n) is 3.87. The Morgan fingerprint density at radius 1 is 1.29 bits per heavy atom. The zero-order chi connectivity index (χ0) is 11.1. The molecule has 0 spiro atoms. The van der Waals surface area contributed by atoms with Crippen LogP contribution in [0.1, 0.15) is 42.4 Å². The molecule has 94 valence electrons. The minimum absolute atomic E-state index is 0. The molecule has 1 aromatic rings. The van der Waals surface area contributed by atoms with Crippen molar-refractivity contribution in [1.82, 2.24) is 5.32 Å². The number of nitrogens with one attached hydrogen (secondary N) is 1. The maximum absolute atomic E-state index is 5.96. The van der Waals surface area contributed by atoms with E-state index in [0.717, 1.165) is 19.7 Å². The molecule has 2 heterocycles. The van der Waals surface area contributed by atoms with Crippen molar-refractivity contribution in [1.29, 1.82) is 0 Å². The van der Waals surface area contributed by atoms with Gasteiger partial charge in [-0.25, -0.2) is 0 Å². The Kier molecular flexibility index (Phi) is 3.76. The van der Waals surface area contributed by atoms with Crippen LogP contribution < -0.4 is 5.32 Å². The van der Waals surface area contributed by atoms with Crippen LogP contribution in [0.2, 0.25) is 0 Å². The Balaban J connectivity index is 0.00000108. The predicted molar refractivity (Wildman–Crippen MR) is 72.0 cm³/mol. The van der Waals surface area contributed by atoms with Crippen LogP contribution in [-0.4, -0.2) is 19.2 Å². The summed E-state index contributed by atoms with van der Waals surface area (Å²) in [5, 5.41) is 3.43. The van der Waals surface area contributed by atoms with Crippen molar-refractivity contribution in [2.45, 2.75) is 38.4 Å². The molecule has 0 aliphatic carbocycles. The fourth-order valence-electron chi connectivity index (χ4n) is 3.01. The zero-order valence-electron chi connectivity index (χ0n) is 10.4. The molecule has 0 unspecified atom stereocenters. The van der Waals surface area contributed by atoms with Crippen LogP contribution in [0.25, 0.3) is 0 Å². The molecular formula is C14H20ClNO. The van der Waals surface area contributed by atoms with Gasteiger partial charge in [-0.3, -0.25) is 0 Å². The smallest absolute Gasteiger partial charge is 0.0784 e. The predicted octanol–water partition coefficient (Wildman–Crippen LogP) is 2.82. The molecule has 0 amide bonds. The SMILES string of the molecule is CC(C)c1cccc2c1CO[C@@H]1CNC[C@H]21.Cl. The van der Waals surface area contributed by atoms with E-state index in [1.165, 1.54) is 16.7 Å². The summed E-state index contributed by atoms with van der Waals surface area (Å²) in [4.78, 5) is 0. The number of halogens is 1. The second kappa shape index (κ2) is 4.97. The summed E-state index contributed by atoms with van der Waals surface area (Å²) in [7, 11) is 0. The van der Waals surface area contributed by atoms with Crippen molar-refractivity contribution in [3.8, 4) is 0 Å². The van der Waals surface area contributed by atoms with Crippen LogP contribution in [0, 0.1) is 0 Å². The van der Waals surface area contributed by atoms with Crippen LogP contribution in [0.3, 0.4) is 0 Å². The van der Waals surface area contributed by atoms with Crippen molar-refractivity contribution in [3.05, 3.63) is 34.9 Å². The van der Waals surface area contributed by atoms with Gasteiger partial charge in [0.05, 0.1) is 12.7 Å². The first kappa shape index (κ1) is 12.9. The summed E-state index contributed by atoms with van der Waals surface area (Å²) in [5.74, 6) is 1.16. The van der Waals surface area contributed by atoms with E-state index in [4.69, 9.17) is 4.74 Å². The summed E-state index contributed by atoms with van der Waals surface area (Å²) < 4.78 is 5.96. The molecule has 2 aliphatic rings. The molecule has 1 fully saturated rings. The third-order valence-corrected chi connectivity index (χ3v) is 3.87. The minimum Gasteiger partial charge on any atom is -0.372 e. The monoisotopic (exact) mass is 253 g/mol. The van der Waals surface area contributed by atoms with Gasteiger partial charge in [0.15, 0.2) is 0 Å². The summed E-state index contributed by atoms with van der Waals surface area (Å²) in [6.45, 7) is 7.39. The molecule has 0 bridgehead atoms. The quantitative estimate of drug-likeness (QED) is 0.831. The Morgan fingerprint density at radius 3 is 2.88 bits per heavy atom. The first-order valence-corrected chi connectivity index (χ1v) is 6.21. The highest BCUT2D eigenvalue weighted by molar-refractivity contribution is 5.85. The lowest BCUT2D eigenvalue weighted by Crippen LogP contribution is -2.27. The van der Waals surface area contributed by atoms with Crippen molar-refractivity contribution >= 4 is 12.4 Å². The Labute approximate surface area is 109 Å². The number of benzene rings is 1. The average Bonchev–Trinajstić information content (AvgIpc) is 2.76. The number of ether oxygens (including phenoxy) is 1. The Bertz CT molecular complexity index is 405. The van der Waals surface area contributed by atoms with E-state index in [2.05, 4.69) is 37.4 Å². The van der Waals surface area contributed by atoms with Gasteiger partial charge in [0.2, 0.25) is 0 Å². The normalized spacial score (nSPS) is 26.3. The standard InChI is InChI=1S/C14H19NO.ClH/c1-9(2)10-4-3-5-11-12-6-15-7-14(12)16-8-13(10)11;/h3-5,9,12,14-15H,6-8H2,1-2H3;1H/t12-,14-;/m1./s1. The molecule has 0 radical (unpaired) electrons. The highest BCUT2D eigenvalue weighted by Gasteiger charge is 2.35. The lowest BCUT2D eigenvalue weighted by Gasteiger charge is -2.30. The highest BCUT2D eigenvalue weighted by Crippen LogP contribution is 2.36. The zero-order valence-corrected chi connectivity index (χ0v) is 11.2. The number of rotatable bonds is 1. The van der Waals surface area contributed by atoms with Gasteiger partial charge >= 0.3 is 0 Å². The van der Waals surface area contributed by atoms with E-state index < -0.39 is 0 Å². The molecule has 2 atom stereocenters. The minimum atomic E-state index is 0. The summed E-state index contributed by atoms with van der Waals surface area (Å²) in [5.41, 5.74) is 4.43. The van der Waals surface area contributed by atoms with Gasteiger partial charge in [0.25, 0.3) is 0 Å². The van der Waals surface area contributed by atoms with Gasteiger partial charge in [-0.1, -0.05) is 32.0 Å². The van der Waals surface area contributed by atoms with E-state index in [1.54, 1.807) is 0 Å². The molecule has 3 rings (SSSR count). The Hall–Kier alpha value is -0.570. The van der Waals surface area contributed by atoms with E-state index >= 15 is 0 Å². The van der Waals surface area contributed by atoms with Crippen molar-refractivity contribution in [2.75, 3.05) is 13.1 Å². The average molecular weight is 254 g/mol. The molecule has 0 saturated carbocycles. The molecule has 1 N–H and O–H groups in total. The molecule has 1 saturated heterocycles. The van der Waals surface area contributed by atoms with Crippen LogP contribution in [0.5, 0.6) is 0 Å². The van der Waals surface area contributed by atoms with Gasteiger partial charge < -0.3 is 10.1 Å². The van der Waals surface area contributed by atoms with Gasteiger partial charge in [-0.15, -0.1) is 12.4 Å². The van der Waals surface area contributed by atoms with Crippen LogP contribution >= 0.6 is 12.4 Å².